The maximum atomic E-state index is 13.1. The molecule has 0 radical (unpaired) electrons. The van der Waals surface area contributed by atoms with Gasteiger partial charge in [0, 0.05) is 5.56 Å². The summed E-state index contributed by atoms with van der Waals surface area (Å²) in [5.74, 6) is -0.406. The molecule has 2 aromatic carbocycles. The first-order valence-corrected chi connectivity index (χ1v) is 9.48. The minimum atomic E-state index is -4.80. The lowest BCUT2D eigenvalue weighted by Crippen LogP contribution is -2.17. The number of halogens is 4. The summed E-state index contributed by atoms with van der Waals surface area (Å²) in [7, 11) is 0. The number of rotatable bonds is 9. The number of alkyl halides is 3. The first kappa shape index (κ1) is 24.5. The van der Waals surface area contributed by atoms with Crippen molar-refractivity contribution >= 4 is 5.57 Å². The van der Waals surface area contributed by atoms with E-state index in [1.165, 1.54) is 42.5 Å². The van der Waals surface area contributed by atoms with E-state index in [4.69, 9.17) is 4.74 Å². The molecule has 0 saturated carbocycles. The Kier molecular flexibility index (Phi) is 10.2. The van der Waals surface area contributed by atoms with Crippen molar-refractivity contribution in [2.75, 3.05) is 19.7 Å². The number of ether oxygens (including phenoxy) is 2. The molecule has 0 amide bonds. The predicted octanol–water partition coefficient (Wildman–Crippen LogP) is 6.19. The van der Waals surface area contributed by atoms with Gasteiger partial charge in [0.1, 0.15) is 17.3 Å². The summed E-state index contributed by atoms with van der Waals surface area (Å²) in [6.07, 6.45) is -4.07. The second kappa shape index (κ2) is 12.1. The summed E-state index contributed by atoms with van der Waals surface area (Å²) in [6.45, 7) is 11.9. The van der Waals surface area contributed by atoms with Crippen molar-refractivity contribution in [2.24, 2.45) is 0 Å². The van der Waals surface area contributed by atoms with Gasteiger partial charge in [-0.05, 0) is 61.0 Å². The highest BCUT2D eigenvalue weighted by Gasteiger charge is 2.31. The van der Waals surface area contributed by atoms with E-state index in [1.54, 1.807) is 0 Å². The van der Waals surface area contributed by atoms with E-state index >= 15 is 0 Å². The number of hydrogen-bond acceptors (Lipinski definition) is 3. The van der Waals surface area contributed by atoms with Crippen molar-refractivity contribution in [3.05, 3.63) is 66.0 Å². The monoisotopic (exact) mass is 413 g/mol. The molecule has 0 atom stereocenters. The Labute approximate surface area is 169 Å². The quantitative estimate of drug-likeness (QED) is 0.393. The number of nitrogens with one attached hydrogen (secondary N) is 1. The standard InChI is InChI=1S/C20H21F4NO2.C2H6/c1-3-25-11-4-12-26-19-10-9-17(27-20(22,23)24)13-18(19)14(2)15-5-7-16(21)8-6-15;1-2/h5-10,13,25H,2-4,11-12H2,1H3;1-2H3. The van der Waals surface area contributed by atoms with Crippen LogP contribution in [0.1, 0.15) is 38.3 Å². The molecule has 0 heterocycles. The Bertz CT molecular complexity index is 758. The first-order chi connectivity index (χ1) is 13.8. The van der Waals surface area contributed by atoms with E-state index in [9.17, 15) is 17.6 Å². The summed E-state index contributed by atoms with van der Waals surface area (Å²) >= 11 is 0. The van der Waals surface area contributed by atoms with Gasteiger partial charge in [-0.2, -0.15) is 0 Å². The normalized spacial score (nSPS) is 10.7. The van der Waals surface area contributed by atoms with E-state index in [0.717, 1.165) is 19.5 Å². The zero-order valence-corrected chi connectivity index (χ0v) is 16.9. The first-order valence-electron chi connectivity index (χ1n) is 9.48. The second-order valence-corrected chi connectivity index (χ2v) is 5.75. The van der Waals surface area contributed by atoms with Crippen LogP contribution >= 0.6 is 0 Å². The fourth-order valence-corrected chi connectivity index (χ4v) is 2.43. The minimum Gasteiger partial charge on any atom is -0.493 e. The van der Waals surface area contributed by atoms with Crippen molar-refractivity contribution in [3.63, 3.8) is 0 Å². The van der Waals surface area contributed by atoms with Crippen molar-refractivity contribution in [1.29, 1.82) is 0 Å². The highest BCUT2D eigenvalue weighted by Crippen LogP contribution is 2.35. The lowest BCUT2D eigenvalue weighted by molar-refractivity contribution is -0.274. The van der Waals surface area contributed by atoms with Crippen LogP contribution in [0, 0.1) is 5.82 Å². The fourth-order valence-electron chi connectivity index (χ4n) is 2.43. The largest absolute Gasteiger partial charge is 0.573 e. The van der Waals surface area contributed by atoms with Gasteiger partial charge in [-0.15, -0.1) is 13.2 Å². The van der Waals surface area contributed by atoms with Crippen LogP contribution in [0.25, 0.3) is 5.57 Å². The summed E-state index contributed by atoms with van der Waals surface area (Å²) in [5.41, 5.74) is 1.33. The van der Waals surface area contributed by atoms with Crippen molar-refractivity contribution in [1.82, 2.24) is 5.32 Å². The maximum absolute atomic E-state index is 13.1. The molecule has 0 unspecified atom stereocenters. The third kappa shape index (κ3) is 8.56. The van der Waals surface area contributed by atoms with E-state index < -0.39 is 12.2 Å². The Morgan fingerprint density at radius 1 is 1.07 bits per heavy atom. The highest BCUT2D eigenvalue weighted by molar-refractivity contribution is 5.81. The van der Waals surface area contributed by atoms with Gasteiger partial charge in [-0.25, -0.2) is 4.39 Å². The molecule has 160 valence electrons. The zero-order chi connectivity index (χ0) is 21.9. The highest BCUT2D eigenvalue weighted by atomic mass is 19.4. The van der Waals surface area contributed by atoms with Crippen LogP contribution in [0.4, 0.5) is 17.6 Å². The van der Waals surface area contributed by atoms with Crippen LogP contribution in [0.15, 0.2) is 49.0 Å². The van der Waals surface area contributed by atoms with E-state index in [0.29, 0.717) is 29.1 Å². The molecule has 0 bridgehead atoms. The van der Waals surface area contributed by atoms with Crippen molar-refractivity contribution < 1.29 is 27.0 Å². The molecule has 0 aliphatic rings. The van der Waals surface area contributed by atoms with Gasteiger partial charge < -0.3 is 14.8 Å². The van der Waals surface area contributed by atoms with E-state index in [-0.39, 0.29) is 5.75 Å². The molecule has 3 nitrogen and oxygen atoms in total. The second-order valence-electron chi connectivity index (χ2n) is 5.75. The zero-order valence-electron chi connectivity index (χ0n) is 16.9. The lowest BCUT2D eigenvalue weighted by atomic mass is 9.98. The van der Waals surface area contributed by atoms with Gasteiger partial charge >= 0.3 is 6.36 Å². The molecule has 0 fully saturated rings. The van der Waals surface area contributed by atoms with Crippen LogP contribution < -0.4 is 14.8 Å². The Hall–Kier alpha value is -2.54. The maximum Gasteiger partial charge on any atom is 0.573 e. The molecule has 7 heteroatoms. The van der Waals surface area contributed by atoms with Gasteiger partial charge in [-0.1, -0.05) is 39.5 Å². The molecular formula is C22H27F4NO2. The average molecular weight is 413 g/mol. The molecule has 0 spiro atoms. The summed E-state index contributed by atoms with van der Waals surface area (Å²) in [4.78, 5) is 0. The molecule has 29 heavy (non-hydrogen) atoms. The van der Waals surface area contributed by atoms with Crippen LogP contribution in [-0.4, -0.2) is 26.1 Å². The molecule has 0 aromatic heterocycles. The Morgan fingerprint density at radius 3 is 2.31 bits per heavy atom. The van der Waals surface area contributed by atoms with Gasteiger partial charge in [0.2, 0.25) is 0 Å². The third-order valence-corrected chi connectivity index (χ3v) is 3.71. The van der Waals surface area contributed by atoms with Crippen LogP contribution in [0.5, 0.6) is 11.5 Å². The molecule has 1 N–H and O–H groups in total. The van der Waals surface area contributed by atoms with Gasteiger partial charge in [0.25, 0.3) is 0 Å². The predicted molar refractivity (Wildman–Crippen MR) is 108 cm³/mol. The molecular weight excluding hydrogens is 386 g/mol. The molecule has 2 aromatic rings. The molecule has 2 rings (SSSR count). The minimum absolute atomic E-state index is 0.354. The summed E-state index contributed by atoms with van der Waals surface area (Å²) in [6, 6.07) is 9.35. The van der Waals surface area contributed by atoms with E-state index in [1.807, 2.05) is 20.8 Å². The number of benzene rings is 2. The fraction of sp³-hybridized carbons (Fsp3) is 0.364. The van der Waals surface area contributed by atoms with Gasteiger partial charge in [0.15, 0.2) is 0 Å². The van der Waals surface area contributed by atoms with Crippen LogP contribution in [0.3, 0.4) is 0 Å². The van der Waals surface area contributed by atoms with E-state index in [2.05, 4.69) is 16.6 Å². The summed E-state index contributed by atoms with van der Waals surface area (Å²) in [5, 5.41) is 3.16. The Balaban J connectivity index is 0.00000204. The molecule has 0 aliphatic carbocycles. The van der Waals surface area contributed by atoms with Crippen LogP contribution in [-0.2, 0) is 0 Å². The van der Waals surface area contributed by atoms with Crippen LogP contribution in [0.2, 0.25) is 0 Å². The SMILES string of the molecule is C=C(c1ccc(F)cc1)c1cc(OC(F)(F)F)ccc1OCCCNCC.CC. The van der Waals surface area contributed by atoms with Gasteiger partial charge in [0.05, 0.1) is 6.61 Å². The van der Waals surface area contributed by atoms with Crippen molar-refractivity contribution in [2.45, 2.75) is 33.6 Å². The average Bonchev–Trinajstić information content (AvgIpc) is 2.69. The third-order valence-electron chi connectivity index (χ3n) is 3.71. The Morgan fingerprint density at radius 2 is 1.72 bits per heavy atom. The van der Waals surface area contributed by atoms with Crippen molar-refractivity contribution in [3.8, 4) is 11.5 Å². The smallest absolute Gasteiger partial charge is 0.493 e. The lowest BCUT2D eigenvalue weighted by Gasteiger charge is -2.16. The summed E-state index contributed by atoms with van der Waals surface area (Å²) < 4.78 is 60.5. The number of hydrogen-bond donors (Lipinski definition) is 1. The molecule has 0 saturated heterocycles. The molecule has 0 aliphatic heterocycles. The van der Waals surface area contributed by atoms with Gasteiger partial charge in [-0.3, -0.25) is 0 Å². The topological polar surface area (TPSA) is 30.5 Å².